The second-order valence-electron chi connectivity index (χ2n) is 25.7. The molecule has 0 aromatic heterocycles. The number of benzene rings is 5. The number of carbonyl (C=O) groups excluding carboxylic acids is 7. The number of phenolic OH excluding ortho intramolecular Hbond substituents is 3. The SMILES string of the molecule is CN[C@H](CC(C)C)C(=O)N[C@H]1C(=O)N[C@@H](CC(N)=O)C(=O)N[C@H]2C(=O)N[C@H]3C(=O)N[C@H](C(=O)N[C@H](C(=O)O)c4cc(O)cc(O)c4-c4cc3ccc4O)[C@H](O)c3ccc(c(Cl)c3)Oc3cc2cc(c3O[C@@H]2OC(CO)[C@@H](O)C(O)[C@@H]2O[C@H]2C[C@@](C)(N)[C@@H](O)C(C)O2)Oc2ccc(cc2Cl)[C@H]1O.Cl. The third-order valence-electron chi connectivity index (χ3n) is 17.8. The lowest BCUT2D eigenvalue weighted by Gasteiger charge is -2.47. The first-order valence-corrected chi connectivity index (χ1v) is 32.4. The summed E-state index contributed by atoms with van der Waals surface area (Å²) < 4.78 is 38.3. The van der Waals surface area contributed by atoms with Crippen molar-refractivity contribution < 1.29 is 118 Å². The molecular formula is C66H76Cl3N9O24. The van der Waals surface area contributed by atoms with Gasteiger partial charge >= 0.3 is 5.97 Å². The average Bonchev–Trinajstić information content (AvgIpc) is 0.773. The summed E-state index contributed by atoms with van der Waals surface area (Å²) >= 11 is 14.1. The average molecular weight is 1490 g/mol. The Morgan fingerprint density at radius 3 is 1.89 bits per heavy atom. The van der Waals surface area contributed by atoms with Gasteiger partial charge in [-0.1, -0.05) is 55.2 Å². The van der Waals surface area contributed by atoms with Crippen LogP contribution in [0.2, 0.25) is 10.0 Å². The molecule has 18 atom stereocenters. The number of likely N-dealkylation sites (N-methyl/N-ethyl adjacent to an activating group) is 1. The molecule has 550 valence electrons. The number of carboxylic acid groups (broad SMARTS) is 1. The maximum atomic E-state index is 16.0. The third-order valence-corrected chi connectivity index (χ3v) is 18.4. The van der Waals surface area contributed by atoms with Gasteiger partial charge in [-0.25, -0.2) is 4.79 Å². The van der Waals surface area contributed by atoms with Crippen LogP contribution in [0.15, 0.2) is 78.9 Å². The molecule has 5 aromatic carbocycles. The van der Waals surface area contributed by atoms with Gasteiger partial charge in [-0.2, -0.15) is 0 Å². The van der Waals surface area contributed by atoms with E-state index in [2.05, 4.69) is 37.2 Å². The molecule has 102 heavy (non-hydrogen) atoms. The summed E-state index contributed by atoms with van der Waals surface area (Å²) in [5, 5.41) is 131. The van der Waals surface area contributed by atoms with Crippen LogP contribution in [0.3, 0.4) is 0 Å². The minimum absolute atomic E-state index is 0. The number of nitrogens with two attached hydrogens (primary N) is 2. The van der Waals surface area contributed by atoms with Crippen LogP contribution in [-0.4, -0.2) is 191 Å². The first-order valence-electron chi connectivity index (χ1n) is 31.6. The number of amides is 7. The Labute approximate surface area is 596 Å². The molecule has 7 amide bonds. The molecule has 0 aliphatic carbocycles. The number of fused-ring (bicyclic) bond motifs is 15. The molecule has 21 N–H and O–H groups in total. The van der Waals surface area contributed by atoms with Crippen molar-refractivity contribution >= 4 is 82.9 Å². The molecule has 36 heteroatoms. The highest BCUT2D eigenvalue weighted by molar-refractivity contribution is 6.32. The quantitative estimate of drug-likeness (QED) is 0.0764. The standard InChI is InChI=1S/C66H75Cl2N9O24.ClH/c1-23(2)12-34(71-5)58(88)76-49-51(83)26-7-10-38(32(67)14-26)97-40-16-28-17-41(55(40)101-65-56(54(86)53(85)42(22-78)99-65)100-44-21-66(4,70)57(87)24(3)96-44)98-39-11-8-27(15-33(39)68)52(84)50-63(93)75-48(64(94)95)31-18-29(79)19-37(81)45(31)30-13-25(6-9-36(30)80)46(60(90)77-50)74-61(91)47(28)73-59(89)35(20-43(69)82)72-62(49)92;/h6-11,13-19,23-24,34-35,42,44,46-54,56-57,65,71,78-81,83-87H,12,20-22,70H2,1-5H3,(H2,69,82)(H,72,92)(H,73,89)(H,74,91)(H,75,93)(H,76,88)(H,77,90)(H,94,95);1H/t24?,34-,35+,42?,44+,46-,47-,48+,49-,50+,51-,52-,53-,54?,56+,57+,65+,66-;/m1./s1. The fraction of sp³-hybridized carbons (Fsp3) is 0.424. The van der Waals surface area contributed by atoms with E-state index in [1.54, 1.807) is 0 Å². The Kier molecular flexibility index (Phi) is 23.8. The van der Waals surface area contributed by atoms with Crippen LogP contribution in [0, 0.1) is 5.92 Å². The first kappa shape index (κ1) is 77.3. The number of carbonyl (C=O) groups is 8. The van der Waals surface area contributed by atoms with E-state index in [0.717, 1.165) is 66.7 Å². The molecular weight excluding hydrogens is 1410 g/mol. The van der Waals surface area contributed by atoms with Crippen LogP contribution in [0.4, 0.5) is 0 Å². The number of rotatable bonds is 13. The molecule has 33 nitrogen and oxygen atoms in total. The van der Waals surface area contributed by atoms with Crippen molar-refractivity contribution in [1.82, 2.24) is 37.2 Å². The summed E-state index contributed by atoms with van der Waals surface area (Å²) in [6, 6.07) is -0.679. The van der Waals surface area contributed by atoms with Gasteiger partial charge in [0.1, 0.15) is 89.5 Å². The van der Waals surface area contributed by atoms with E-state index in [0.29, 0.717) is 0 Å². The molecule has 11 bridgehead atoms. The zero-order valence-electron chi connectivity index (χ0n) is 54.7. The summed E-state index contributed by atoms with van der Waals surface area (Å²) in [5.41, 5.74) is 8.00. The minimum atomic E-state index is -2.35. The van der Waals surface area contributed by atoms with Crippen LogP contribution >= 0.6 is 35.6 Å². The number of halogens is 3. The van der Waals surface area contributed by atoms with Gasteiger partial charge in [0, 0.05) is 34.7 Å². The van der Waals surface area contributed by atoms with Crippen molar-refractivity contribution in [2.75, 3.05) is 13.7 Å². The van der Waals surface area contributed by atoms with Gasteiger partial charge in [-0.05, 0) is 110 Å². The molecule has 7 aliphatic rings. The fourth-order valence-electron chi connectivity index (χ4n) is 12.5. The normalized spacial score (nSPS) is 29.1. The van der Waals surface area contributed by atoms with E-state index in [9.17, 15) is 75.0 Å². The molecule has 7 aliphatic heterocycles. The molecule has 0 saturated carbocycles. The highest BCUT2D eigenvalue weighted by atomic mass is 35.5. The van der Waals surface area contributed by atoms with E-state index < -0.39 is 237 Å². The number of primary amides is 1. The third kappa shape index (κ3) is 16.3. The smallest absolute Gasteiger partial charge is 0.330 e. The van der Waals surface area contributed by atoms with Crippen molar-refractivity contribution in [1.29, 1.82) is 0 Å². The Morgan fingerprint density at radius 2 is 1.31 bits per heavy atom. The molecule has 2 saturated heterocycles. The van der Waals surface area contributed by atoms with E-state index in [-0.39, 0.29) is 58.6 Å². The van der Waals surface area contributed by atoms with Gasteiger partial charge in [-0.15, -0.1) is 12.4 Å². The van der Waals surface area contributed by atoms with Gasteiger partial charge in [-0.3, -0.25) is 33.6 Å². The zero-order valence-corrected chi connectivity index (χ0v) is 57.1. The number of nitrogens with one attached hydrogen (secondary N) is 7. The summed E-state index contributed by atoms with van der Waals surface area (Å²) in [5.74, 6) is -16.0. The predicted octanol–water partition coefficient (Wildman–Crippen LogP) is 0.528. The summed E-state index contributed by atoms with van der Waals surface area (Å²) in [4.78, 5) is 117. The number of carboxylic acids is 1. The number of ether oxygens (including phenoxy) is 6. The summed E-state index contributed by atoms with van der Waals surface area (Å²) in [6.07, 6.45) is -18.6. The second kappa shape index (κ2) is 31.4. The lowest BCUT2D eigenvalue weighted by atomic mass is 9.86. The van der Waals surface area contributed by atoms with E-state index in [4.69, 9.17) is 63.1 Å². The Hall–Kier alpha value is -8.91. The maximum Gasteiger partial charge on any atom is 0.330 e. The van der Waals surface area contributed by atoms with Gasteiger partial charge in [0.2, 0.25) is 53.4 Å². The Bertz CT molecular complexity index is 4080. The molecule has 12 rings (SSSR count). The molecule has 3 unspecified atom stereocenters. The number of hydrogen-bond donors (Lipinski definition) is 19. The van der Waals surface area contributed by atoms with Crippen LogP contribution in [-0.2, 0) is 52.6 Å². The highest BCUT2D eigenvalue weighted by Crippen LogP contribution is 2.50. The van der Waals surface area contributed by atoms with E-state index >= 15 is 14.4 Å². The number of hydrogen-bond acceptors (Lipinski definition) is 25. The number of aliphatic hydroxyl groups is 6. The van der Waals surface area contributed by atoms with E-state index in [1.165, 1.54) is 33.0 Å². The Morgan fingerprint density at radius 1 is 0.716 bits per heavy atom. The molecule has 7 heterocycles. The van der Waals surface area contributed by atoms with Gasteiger partial charge in [0.15, 0.2) is 29.9 Å². The Balaban J connectivity index is 0.0000121. The lowest BCUT2D eigenvalue weighted by Crippen LogP contribution is -2.64. The fourth-order valence-corrected chi connectivity index (χ4v) is 12.9. The number of aromatic hydroxyl groups is 3. The molecule has 0 spiro atoms. The van der Waals surface area contributed by atoms with Crippen LogP contribution in [0.25, 0.3) is 11.1 Å². The number of aliphatic hydroxyl groups excluding tert-OH is 6. The van der Waals surface area contributed by atoms with Crippen molar-refractivity contribution in [2.24, 2.45) is 17.4 Å². The van der Waals surface area contributed by atoms with Crippen molar-refractivity contribution in [3.05, 3.63) is 117 Å². The van der Waals surface area contributed by atoms with Gasteiger partial charge in [0.05, 0.1) is 41.3 Å². The second-order valence-corrected chi connectivity index (χ2v) is 26.5. The van der Waals surface area contributed by atoms with E-state index in [1.807, 2.05) is 13.8 Å². The summed E-state index contributed by atoms with van der Waals surface area (Å²) in [7, 11) is 1.47. The topological polar surface area (TPSA) is 530 Å². The van der Waals surface area contributed by atoms with Crippen molar-refractivity contribution in [3.8, 4) is 57.1 Å². The number of aliphatic carboxylic acids is 1. The predicted molar refractivity (Wildman–Crippen MR) is 357 cm³/mol. The minimum Gasteiger partial charge on any atom is -0.508 e. The zero-order chi connectivity index (χ0) is 73.5. The largest absolute Gasteiger partial charge is 0.508 e. The molecule has 2 fully saturated rings. The lowest BCUT2D eigenvalue weighted by molar-refractivity contribution is -0.333. The van der Waals surface area contributed by atoms with Crippen LogP contribution in [0.1, 0.15) is 105 Å². The van der Waals surface area contributed by atoms with Gasteiger partial charge < -0.3 is 128 Å². The van der Waals surface area contributed by atoms with Crippen molar-refractivity contribution in [3.63, 3.8) is 0 Å². The maximum absolute atomic E-state index is 16.0. The number of phenols is 3. The van der Waals surface area contributed by atoms with Crippen LogP contribution in [0.5, 0.6) is 46.0 Å². The highest BCUT2D eigenvalue weighted by Gasteiger charge is 2.51. The van der Waals surface area contributed by atoms with Gasteiger partial charge in [0.25, 0.3) is 0 Å². The molecule has 0 radical (unpaired) electrons. The van der Waals surface area contributed by atoms with Crippen molar-refractivity contribution in [2.45, 2.75) is 156 Å². The first-order chi connectivity index (χ1) is 47.7. The summed E-state index contributed by atoms with van der Waals surface area (Å²) in [6.45, 7) is 5.66. The van der Waals surface area contributed by atoms with Crippen LogP contribution < -0.4 is 62.9 Å². The molecule has 5 aromatic rings. The monoisotopic (exact) mass is 1480 g/mol.